The monoisotopic (exact) mass is 501 g/mol. The Balaban J connectivity index is 0.000000364. The molecule has 2 N–H and O–H groups in total. The highest BCUT2D eigenvalue weighted by molar-refractivity contribution is 5.91. The number of carboxylic acid groups (broad SMARTS) is 1. The van der Waals surface area contributed by atoms with Crippen LogP contribution < -0.4 is 5.32 Å². The number of rotatable bonds is 3. The quantitative estimate of drug-likeness (QED) is 0.618. The van der Waals surface area contributed by atoms with E-state index in [0.717, 1.165) is 49.9 Å². The van der Waals surface area contributed by atoms with Crippen LogP contribution in [0.25, 0.3) is 0 Å². The second-order valence-electron chi connectivity index (χ2n) is 9.42. The summed E-state index contributed by atoms with van der Waals surface area (Å²) in [7, 11) is 0. The maximum Gasteiger partial charge on any atom is 0.490 e. The molecule has 0 bridgehead atoms. The number of fused-ring (bicyclic) bond motifs is 1. The van der Waals surface area contributed by atoms with Gasteiger partial charge in [0.1, 0.15) is 11.9 Å². The molecule has 1 aliphatic carbocycles. The van der Waals surface area contributed by atoms with Gasteiger partial charge in [0.05, 0.1) is 11.5 Å². The lowest BCUT2D eigenvalue weighted by Gasteiger charge is -2.39. The number of aliphatic carboxylic acids is 1. The lowest BCUT2D eigenvalue weighted by Crippen LogP contribution is -2.52. The summed E-state index contributed by atoms with van der Waals surface area (Å²) in [5, 5.41) is 10.4. The van der Waals surface area contributed by atoms with Gasteiger partial charge in [-0.25, -0.2) is 14.0 Å². The van der Waals surface area contributed by atoms with Crippen LogP contribution in [0.4, 0.5) is 22.4 Å². The molecule has 1 saturated carbocycles. The van der Waals surface area contributed by atoms with E-state index in [1.807, 2.05) is 16.7 Å². The largest absolute Gasteiger partial charge is 0.490 e. The minimum atomic E-state index is -5.08. The number of hydrogen-bond acceptors (Lipinski definition) is 5. The standard InChI is InChI=1S/C21H26FN3O3.C2HF3O2/c1-13-10-14(22)2-3-16(13)21(6-7-21)19(26)24-8-4-15(5-9-24)25-17-11-23-12-18(17)28-20(25)27;3-2(4,5)1(6)7/h2-3,10,15,17-18,23H,4-9,11-12H2,1H3;(H,6,7)/t17-,18+;/m1./s1. The molecule has 3 saturated heterocycles. The summed E-state index contributed by atoms with van der Waals surface area (Å²) in [6, 6.07) is 4.99. The second kappa shape index (κ2) is 9.29. The van der Waals surface area contributed by atoms with Gasteiger partial charge in [-0.2, -0.15) is 13.2 Å². The number of amides is 2. The summed E-state index contributed by atoms with van der Waals surface area (Å²) < 4.78 is 50.7. The van der Waals surface area contributed by atoms with E-state index in [-0.39, 0.29) is 36.0 Å². The van der Waals surface area contributed by atoms with Crippen LogP contribution in [0.15, 0.2) is 18.2 Å². The van der Waals surface area contributed by atoms with Crippen molar-refractivity contribution in [2.45, 2.75) is 62.4 Å². The molecule has 0 spiro atoms. The first-order valence-corrected chi connectivity index (χ1v) is 11.5. The molecule has 4 fully saturated rings. The van der Waals surface area contributed by atoms with Gasteiger partial charge in [0.15, 0.2) is 0 Å². The van der Waals surface area contributed by atoms with Gasteiger partial charge >= 0.3 is 18.2 Å². The first-order valence-electron chi connectivity index (χ1n) is 11.5. The summed E-state index contributed by atoms with van der Waals surface area (Å²) >= 11 is 0. The van der Waals surface area contributed by atoms with Crippen molar-refractivity contribution < 1.29 is 41.8 Å². The number of benzene rings is 1. The fraction of sp³-hybridized carbons (Fsp3) is 0.609. The Kier molecular flexibility index (Phi) is 6.69. The van der Waals surface area contributed by atoms with Gasteiger partial charge in [-0.05, 0) is 55.9 Å². The van der Waals surface area contributed by atoms with Crippen molar-refractivity contribution in [2.24, 2.45) is 0 Å². The van der Waals surface area contributed by atoms with Gasteiger partial charge < -0.3 is 20.1 Å². The van der Waals surface area contributed by atoms with E-state index in [9.17, 15) is 27.2 Å². The number of ether oxygens (including phenoxy) is 1. The summed E-state index contributed by atoms with van der Waals surface area (Å²) in [4.78, 5) is 38.3. The molecular formula is C23H27F4N3O5. The predicted octanol–water partition coefficient (Wildman–Crippen LogP) is 2.58. The van der Waals surface area contributed by atoms with Crippen LogP contribution in [-0.2, 0) is 19.7 Å². The third-order valence-corrected chi connectivity index (χ3v) is 7.20. The molecule has 1 aromatic carbocycles. The average molecular weight is 501 g/mol. The number of carbonyl (C=O) groups is 3. The summed E-state index contributed by atoms with van der Waals surface area (Å²) in [5.41, 5.74) is 1.34. The van der Waals surface area contributed by atoms with Gasteiger partial charge in [0, 0.05) is 32.2 Å². The summed E-state index contributed by atoms with van der Waals surface area (Å²) in [5.74, 6) is -2.86. The van der Waals surface area contributed by atoms with E-state index in [0.29, 0.717) is 13.1 Å². The third kappa shape index (κ3) is 4.93. The number of alkyl halides is 3. The Bertz CT molecular complexity index is 1010. The highest BCUT2D eigenvalue weighted by atomic mass is 19.4. The van der Waals surface area contributed by atoms with Crippen LogP contribution in [-0.4, -0.2) is 83.4 Å². The highest BCUT2D eigenvalue weighted by Gasteiger charge is 2.54. The fourth-order valence-electron chi connectivity index (χ4n) is 5.32. The second-order valence-corrected chi connectivity index (χ2v) is 9.42. The molecule has 3 aliphatic heterocycles. The number of likely N-dealkylation sites (tertiary alicyclic amines) is 1. The lowest BCUT2D eigenvalue weighted by atomic mass is 9.89. The van der Waals surface area contributed by atoms with Gasteiger partial charge in [0.2, 0.25) is 5.91 Å². The molecule has 192 valence electrons. The molecule has 35 heavy (non-hydrogen) atoms. The van der Waals surface area contributed by atoms with Crippen molar-refractivity contribution in [3.8, 4) is 0 Å². The van der Waals surface area contributed by atoms with Gasteiger partial charge in [-0.15, -0.1) is 0 Å². The van der Waals surface area contributed by atoms with E-state index in [4.69, 9.17) is 14.6 Å². The minimum absolute atomic E-state index is 0.0386. The number of carbonyl (C=O) groups excluding carboxylic acids is 2. The van der Waals surface area contributed by atoms with E-state index in [1.165, 1.54) is 12.1 Å². The van der Waals surface area contributed by atoms with Crippen LogP contribution in [0.2, 0.25) is 0 Å². The molecule has 12 heteroatoms. The van der Waals surface area contributed by atoms with Gasteiger partial charge in [0.25, 0.3) is 0 Å². The van der Waals surface area contributed by atoms with Crippen molar-refractivity contribution in [3.05, 3.63) is 35.1 Å². The molecule has 1 aromatic rings. The molecular weight excluding hydrogens is 474 g/mol. The first kappa shape index (κ1) is 25.2. The molecule has 0 radical (unpaired) electrons. The summed E-state index contributed by atoms with van der Waals surface area (Å²) in [6.07, 6.45) is -2.12. The van der Waals surface area contributed by atoms with E-state index < -0.39 is 17.6 Å². The molecule has 8 nitrogen and oxygen atoms in total. The molecule has 3 heterocycles. The maximum absolute atomic E-state index is 13.5. The molecule has 2 atom stereocenters. The number of nitrogens with zero attached hydrogens (tertiary/aromatic N) is 2. The topological polar surface area (TPSA) is 99.2 Å². The number of hydrogen-bond donors (Lipinski definition) is 2. The fourth-order valence-corrected chi connectivity index (χ4v) is 5.32. The molecule has 0 aromatic heterocycles. The summed E-state index contributed by atoms with van der Waals surface area (Å²) in [6.45, 7) is 4.69. The Hall–Kier alpha value is -2.89. The predicted molar refractivity (Wildman–Crippen MR) is 114 cm³/mol. The van der Waals surface area contributed by atoms with Crippen LogP contribution in [0.5, 0.6) is 0 Å². The van der Waals surface area contributed by atoms with Crippen molar-refractivity contribution >= 4 is 18.0 Å². The Morgan fingerprint density at radius 2 is 1.80 bits per heavy atom. The van der Waals surface area contributed by atoms with Gasteiger partial charge in [-0.3, -0.25) is 9.69 Å². The lowest BCUT2D eigenvalue weighted by molar-refractivity contribution is -0.192. The first-order chi connectivity index (χ1) is 16.4. The average Bonchev–Trinajstić information content (AvgIpc) is 3.36. The highest BCUT2D eigenvalue weighted by Crippen LogP contribution is 2.51. The van der Waals surface area contributed by atoms with Crippen LogP contribution >= 0.6 is 0 Å². The normalized spacial score (nSPS) is 25.5. The number of nitrogens with one attached hydrogen (secondary N) is 1. The zero-order chi connectivity index (χ0) is 25.5. The number of piperidine rings is 1. The smallest absolute Gasteiger partial charge is 0.475 e. The van der Waals surface area contributed by atoms with Crippen LogP contribution in [0, 0.1) is 12.7 Å². The number of carboxylic acids is 1. The van der Waals surface area contributed by atoms with Crippen molar-refractivity contribution in [1.29, 1.82) is 0 Å². The molecule has 5 rings (SSSR count). The van der Waals surface area contributed by atoms with Crippen molar-refractivity contribution in [1.82, 2.24) is 15.1 Å². The van der Waals surface area contributed by atoms with Crippen LogP contribution in [0.3, 0.4) is 0 Å². The molecule has 0 unspecified atom stereocenters. The molecule has 4 aliphatic rings. The van der Waals surface area contributed by atoms with Crippen molar-refractivity contribution in [2.75, 3.05) is 26.2 Å². The van der Waals surface area contributed by atoms with E-state index in [2.05, 4.69) is 5.32 Å². The van der Waals surface area contributed by atoms with Crippen LogP contribution in [0.1, 0.15) is 36.8 Å². The zero-order valence-corrected chi connectivity index (χ0v) is 19.1. The zero-order valence-electron chi connectivity index (χ0n) is 19.1. The number of halogens is 4. The Labute approximate surface area is 199 Å². The van der Waals surface area contributed by atoms with Gasteiger partial charge in [-0.1, -0.05) is 6.07 Å². The molecule has 2 amide bonds. The Morgan fingerprint density at radius 3 is 2.34 bits per heavy atom. The number of aryl methyl sites for hydroxylation is 1. The van der Waals surface area contributed by atoms with Crippen molar-refractivity contribution in [3.63, 3.8) is 0 Å². The van der Waals surface area contributed by atoms with E-state index in [1.54, 1.807) is 6.07 Å². The Morgan fingerprint density at radius 1 is 1.17 bits per heavy atom. The van der Waals surface area contributed by atoms with E-state index >= 15 is 0 Å². The maximum atomic E-state index is 13.5. The SMILES string of the molecule is Cc1cc(F)ccc1C1(C(=O)N2CCC(N3C(=O)O[C@H]4CNC[C@H]43)CC2)CC1.O=C(O)C(F)(F)F. The third-order valence-electron chi connectivity index (χ3n) is 7.20. The minimum Gasteiger partial charge on any atom is -0.475 e.